The van der Waals surface area contributed by atoms with E-state index in [1.165, 1.54) is 30.3 Å². The monoisotopic (exact) mass is 511 g/mol. The Bertz CT molecular complexity index is 1300. The maximum absolute atomic E-state index is 13.9. The number of halogens is 2. The van der Waals surface area contributed by atoms with Gasteiger partial charge >= 0.3 is 0 Å². The summed E-state index contributed by atoms with van der Waals surface area (Å²) < 4.78 is 13.9. The van der Waals surface area contributed by atoms with Crippen molar-refractivity contribution in [3.8, 4) is 0 Å². The topological polar surface area (TPSA) is 92.5 Å². The van der Waals surface area contributed by atoms with Gasteiger partial charge in [-0.1, -0.05) is 30.7 Å². The number of anilines is 1. The minimum atomic E-state index is -0.591. The van der Waals surface area contributed by atoms with Crippen LogP contribution in [0.25, 0.3) is 0 Å². The van der Waals surface area contributed by atoms with Crippen molar-refractivity contribution in [2.75, 3.05) is 31.1 Å². The lowest BCUT2D eigenvalue weighted by atomic mass is 10.0. The molecule has 4 rings (SSSR count). The third-order valence-electron chi connectivity index (χ3n) is 6.26. The van der Waals surface area contributed by atoms with Crippen molar-refractivity contribution in [3.63, 3.8) is 0 Å². The number of carbonyl (C=O) groups excluding carboxylic acids is 1. The summed E-state index contributed by atoms with van der Waals surface area (Å²) in [5.41, 5.74) is 2.67. The summed E-state index contributed by atoms with van der Waals surface area (Å²) in [5, 5.41) is 11.2. The van der Waals surface area contributed by atoms with Crippen molar-refractivity contribution in [2.45, 2.75) is 33.1 Å². The number of carbonyl (C=O) groups is 1. The molecule has 0 N–H and O–H groups in total. The van der Waals surface area contributed by atoms with Crippen LogP contribution in [0.3, 0.4) is 0 Å². The lowest BCUT2D eigenvalue weighted by Gasteiger charge is -2.26. The van der Waals surface area contributed by atoms with Crippen molar-refractivity contribution in [2.24, 2.45) is 0 Å². The molecule has 0 spiro atoms. The number of nitro benzene ring substituents is 1. The molecule has 0 aliphatic carbocycles. The number of amides is 1. The summed E-state index contributed by atoms with van der Waals surface area (Å²) >= 11 is 5.91. The molecule has 2 heterocycles. The first-order chi connectivity index (χ1) is 17.3. The molecule has 0 radical (unpaired) electrons. The molecule has 1 fully saturated rings. The maximum atomic E-state index is 13.9. The first-order valence-electron chi connectivity index (χ1n) is 11.9. The highest BCUT2D eigenvalue weighted by atomic mass is 35.5. The van der Waals surface area contributed by atoms with E-state index in [-0.39, 0.29) is 28.0 Å². The van der Waals surface area contributed by atoms with Gasteiger partial charge in [-0.25, -0.2) is 14.4 Å². The number of hydrogen-bond acceptors (Lipinski definition) is 6. The minimum absolute atomic E-state index is 0.00437. The van der Waals surface area contributed by atoms with Crippen LogP contribution in [0.4, 0.5) is 15.9 Å². The molecule has 1 amide bonds. The molecule has 10 heteroatoms. The highest BCUT2D eigenvalue weighted by Gasteiger charge is 2.25. The van der Waals surface area contributed by atoms with E-state index in [1.54, 1.807) is 11.0 Å². The van der Waals surface area contributed by atoms with Gasteiger partial charge in [0, 0.05) is 55.5 Å². The zero-order valence-corrected chi connectivity index (χ0v) is 21.0. The van der Waals surface area contributed by atoms with Gasteiger partial charge in [-0.3, -0.25) is 14.9 Å². The summed E-state index contributed by atoms with van der Waals surface area (Å²) in [7, 11) is 0. The van der Waals surface area contributed by atoms with E-state index in [9.17, 15) is 19.3 Å². The molecule has 0 atom stereocenters. The van der Waals surface area contributed by atoms with Crippen LogP contribution in [0, 0.1) is 22.9 Å². The number of hydrogen-bond donors (Lipinski definition) is 0. The molecule has 3 aromatic rings. The lowest BCUT2D eigenvalue weighted by Crippen LogP contribution is -2.36. The number of nitro groups is 1. The Hall–Kier alpha value is -3.59. The molecule has 1 aliphatic rings. The normalized spacial score (nSPS) is 14.0. The van der Waals surface area contributed by atoms with Crippen molar-refractivity contribution in [1.82, 2.24) is 14.9 Å². The quantitative estimate of drug-likeness (QED) is 0.342. The largest absolute Gasteiger partial charge is 0.354 e. The van der Waals surface area contributed by atoms with Crippen LogP contribution in [0.1, 0.15) is 46.3 Å². The van der Waals surface area contributed by atoms with Crippen LogP contribution in [0.15, 0.2) is 42.5 Å². The van der Waals surface area contributed by atoms with Crippen molar-refractivity contribution in [1.29, 1.82) is 0 Å². The van der Waals surface area contributed by atoms with Gasteiger partial charge in [-0.2, -0.15) is 0 Å². The zero-order chi connectivity index (χ0) is 25.8. The van der Waals surface area contributed by atoms with Crippen molar-refractivity contribution in [3.05, 3.63) is 91.6 Å². The minimum Gasteiger partial charge on any atom is -0.354 e. The SMILES string of the molecule is CCc1nc(C)nc(N2CCCN(C(=O)c3ccc(Cl)c([N+](=O)[O-])c3)CC2)c1Cc1cccc(F)c1. The van der Waals surface area contributed by atoms with Gasteiger partial charge in [0.2, 0.25) is 0 Å². The average molecular weight is 512 g/mol. The highest BCUT2D eigenvalue weighted by Crippen LogP contribution is 2.28. The van der Waals surface area contributed by atoms with Crippen LogP contribution in [0.2, 0.25) is 5.02 Å². The molecular weight excluding hydrogens is 485 g/mol. The van der Waals surface area contributed by atoms with Crippen LogP contribution in [-0.2, 0) is 12.8 Å². The van der Waals surface area contributed by atoms with E-state index in [1.807, 2.05) is 19.9 Å². The van der Waals surface area contributed by atoms with Gasteiger partial charge in [-0.15, -0.1) is 0 Å². The Labute approximate surface area is 213 Å². The molecule has 8 nitrogen and oxygen atoms in total. The summed E-state index contributed by atoms with van der Waals surface area (Å²) in [6.07, 6.45) is 1.92. The number of nitrogens with zero attached hydrogens (tertiary/aromatic N) is 5. The summed E-state index contributed by atoms with van der Waals surface area (Å²) in [4.78, 5) is 37.1. The van der Waals surface area contributed by atoms with Gasteiger partial charge in [0.25, 0.3) is 11.6 Å². The van der Waals surface area contributed by atoms with Gasteiger partial charge in [0.05, 0.1) is 4.92 Å². The third-order valence-corrected chi connectivity index (χ3v) is 6.58. The zero-order valence-electron chi connectivity index (χ0n) is 20.2. The van der Waals surface area contributed by atoms with Crippen LogP contribution in [0.5, 0.6) is 0 Å². The van der Waals surface area contributed by atoms with E-state index in [4.69, 9.17) is 16.6 Å². The van der Waals surface area contributed by atoms with E-state index in [0.29, 0.717) is 44.8 Å². The fourth-order valence-corrected chi connectivity index (χ4v) is 4.71. The third kappa shape index (κ3) is 5.62. The van der Waals surface area contributed by atoms with E-state index in [2.05, 4.69) is 9.88 Å². The molecule has 0 saturated carbocycles. The van der Waals surface area contributed by atoms with Crippen LogP contribution in [-0.4, -0.2) is 51.9 Å². The Morgan fingerprint density at radius 2 is 1.94 bits per heavy atom. The Kier molecular flexibility index (Phi) is 7.79. The predicted octanol–water partition coefficient (Wildman–Crippen LogP) is 4.99. The van der Waals surface area contributed by atoms with E-state index in [0.717, 1.165) is 29.1 Å². The fourth-order valence-electron chi connectivity index (χ4n) is 4.52. The smallest absolute Gasteiger partial charge is 0.288 e. The number of aromatic nitrogens is 2. The molecule has 0 bridgehead atoms. The van der Waals surface area contributed by atoms with Gasteiger partial charge in [0.15, 0.2) is 0 Å². The van der Waals surface area contributed by atoms with E-state index >= 15 is 0 Å². The molecular formula is C26H27ClFN5O3. The van der Waals surface area contributed by atoms with E-state index < -0.39 is 4.92 Å². The summed E-state index contributed by atoms with van der Waals surface area (Å²) in [6, 6.07) is 10.7. The Morgan fingerprint density at radius 3 is 2.67 bits per heavy atom. The molecule has 36 heavy (non-hydrogen) atoms. The molecule has 188 valence electrons. The van der Waals surface area contributed by atoms with Crippen molar-refractivity contribution < 1.29 is 14.1 Å². The summed E-state index contributed by atoms with van der Waals surface area (Å²) in [5.74, 6) is 0.909. The number of benzene rings is 2. The van der Waals surface area contributed by atoms with Crippen molar-refractivity contribution >= 4 is 29.0 Å². The molecule has 0 unspecified atom stereocenters. The predicted molar refractivity (Wildman–Crippen MR) is 136 cm³/mol. The van der Waals surface area contributed by atoms with Crippen LogP contribution >= 0.6 is 11.6 Å². The molecule has 1 aliphatic heterocycles. The van der Waals surface area contributed by atoms with Gasteiger partial charge in [-0.05, 0) is 49.6 Å². The standard InChI is InChI=1S/C26H27ClFN5O3/c1-3-23-21(15-18-6-4-7-20(28)14-18)25(30-17(2)29-23)31-10-5-11-32(13-12-31)26(34)19-8-9-22(27)24(16-19)33(35)36/h4,6-9,14,16H,3,5,10-13,15H2,1-2H3. The summed E-state index contributed by atoms with van der Waals surface area (Å²) in [6.45, 7) is 6.05. The second-order valence-electron chi connectivity index (χ2n) is 8.74. The number of rotatable bonds is 6. The molecule has 1 aromatic heterocycles. The Balaban J connectivity index is 1.58. The molecule has 1 saturated heterocycles. The maximum Gasteiger partial charge on any atom is 0.288 e. The Morgan fingerprint density at radius 1 is 1.14 bits per heavy atom. The fraction of sp³-hybridized carbons (Fsp3) is 0.346. The second-order valence-corrected chi connectivity index (χ2v) is 9.14. The second kappa shape index (κ2) is 11.0. The van der Waals surface area contributed by atoms with Gasteiger partial charge in [0.1, 0.15) is 22.5 Å². The first-order valence-corrected chi connectivity index (χ1v) is 12.2. The molecule has 2 aromatic carbocycles. The first kappa shape index (κ1) is 25.5. The lowest BCUT2D eigenvalue weighted by molar-refractivity contribution is -0.384. The van der Waals surface area contributed by atoms with Crippen LogP contribution < -0.4 is 4.90 Å². The van der Waals surface area contributed by atoms with Gasteiger partial charge < -0.3 is 9.80 Å². The number of aryl methyl sites for hydroxylation is 2. The highest BCUT2D eigenvalue weighted by molar-refractivity contribution is 6.32. The average Bonchev–Trinajstić information content (AvgIpc) is 3.11.